The van der Waals surface area contributed by atoms with Crippen molar-refractivity contribution in [2.45, 2.75) is 82.3 Å². The van der Waals surface area contributed by atoms with Gasteiger partial charge in [0.15, 0.2) is 0 Å². The zero-order valence-corrected chi connectivity index (χ0v) is 14.7. The van der Waals surface area contributed by atoms with Crippen LogP contribution in [0.15, 0.2) is 0 Å². The summed E-state index contributed by atoms with van der Waals surface area (Å²) >= 11 is 0. The summed E-state index contributed by atoms with van der Waals surface area (Å²) in [6, 6.07) is 2.51. The highest BCUT2D eigenvalue weighted by Gasteiger charge is 2.58. The first-order valence-electron chi connectivity index (χ1n) is 10.6. The van der Waals surface area contributed by atoms with Crippen LogP contribution >= 0.6 is 0 Å². The predicted octanol–water partition coefficient (Wildman–Crippen LogP) is 2.76. The molecule has 4 saturated heterocycles. The second kappa shape index (κ2) is 6.00. The van der Waals surface area contributed by atoms with Crippen LogP contribution in [-0.2, 0) is 0 Å². The molecule has 6 unspecified atom stereocenters. The maximum absolute atomic E-state index is 4.04. The van der Waals surface area contributed by atoms with Crippen LogP contribution in [0.1, 0.15) is 64.2 Å². The summed E-state index contributed by atoms with van der Waals surface area (Å²) in [5.74, 6) is 1.96. The summed E-state index contributed by atoms with van der Waals surface area (Å²) in [6.45, 7) is 5.30. The minimum atomic E-state index is 0.530. The Kier molecular flexibility index (Phi) is 3.95. The summed E-state index contributed by atoms with van der Waals surface area (Å²) in [6.07, 6.45) is 14.6. The van der Waals surface area contributed by atoms with Gasteiger partial charge in [0.25, 0.3) is 0 Å². The molecule has 5 aliphatic rings. The molecule has 130 valence electrons. The van der Waals surface area contributed by atoms with Crippen LogP contribution in [0.4, 0.5) is 0 Å². The molecule has 2 bridgehead atoms. The van der Waals surface area contributed by atoms with Gasteiger partial charge in [0.2, 0.25) is 0 Å². The van der Waals surface area contributed by atoms with Crippen molar-refractivity contribution in [1.82, 2.24) is 15.5 Å². The third-order valence-electron chi connectivity index (χ3n) is 8.16. The summed E-state index contributed by atoms with van der Waals surface area (Å²) in [4.78, 5) is 2.94. The van der Waals surface area contributed by atoms with Crippen LogP contribution in [0.5, 0.6) is 0 Å². The van der Waals surface area contributed by atoms with Crippen molar-refractivity contribution in [3.05, 3.63) is 0 Å². The van der Waals surface area contributed by atoms with Gasteiger partial charge in [-0.2, -0.15) is 0 Å². The van der Waals surface area contributed by atoms with E-state index >= 15 is 0 Å². The summed E-state index contributed by atoms with van der Waals surface area (Å²) in [5, 5.41) is 8.04. The van der Waals surface area contributed by atoms with Crippen LogP contribution in [-0.4, -0.2) is 49.2 Å². The van der Waals surface area contributed by atoms with Crippen LogP contribution < -0.4 is 10.6 Å². The van der Waals surface area contributed by atoms with E-state index < -0.39 is 0 Å². The van der Waals surface area contributed by atoms with Crippen LogP contribution in [0, 0.1) is 17.3 Å². The largest absolute Gasteiger partial charge is 0.313 e. The molecule has 1 aliphatic carbocycles. The van der Waals surface area contributed by atoms with E-state index in [1.165, 1.54) is 90.4 Å². The highest BCUT2D eigenvalue weighted by Crippen LogP contribution is 2.55. The minimum absolute atomic E-state index is 0.530. The van der Waals surface area contributed by atoms with Crippen molar-refractivity contribution in [3.8, 4) is 0 Å². The fourth-order valence-electron chi connectivity index (χ4n) is 7.36. The van der Waals surface area contributed by atoms with Crippen molar-refractivity contribution in [2.24, 2.45) is 17.3 Å². The number of fused-ring (bicyclic) bond motifs is 6. The number of nitrogens with zero attached hydrogens (tertiary/aromatic N) is 1. The van der Waals surface area contributed by atoms with E-state index in [4.69, 9.17) is 0 Å². The first-order valence-corrected chi connectivity index (χ1v) is 10.6. The Labute approximate surface area is 142 Å². The number of piperidine rings is 4. The van der Waals surface area contributed by atoms with Gasteiger partial charge in [0.1, 0.15) is 0 Å². The van der Waals surface area contributed by atoms with E-state index in [0.717, 1.165) is 30.0 Å². The van der Waals surface area contributed by atoms with Crippen molar-refractivity contribution in [3.63, 3.8) is 0 Å². The SMILES string of the molecule is C1CCC(C23CC(CC4CCCNC42)C2CCCCN2C3)NC1. The van der Waals surface area contributed by atoms with Crippen LogP contribution in [0.2, 0.25) is 0 Å². The molecular weight excluding hydrogens is 282 g/mol. The van der Waals surface area contributed by atoms with E-state index in [9.17, 15) is 0 Å². The highest BCUT2D eigenvalue weighted by atomic mass is 15.2. The molecule has 0 amide bonds. The fourth-order valence-corrected chi connectivity index (χ4v) is 7.36. The van der Waals surface area contributed by atoms with Gasteiger partial charge in [-0.1, -0.05) is 12.8 Å². The zero-order valence-electron chi connectivity index (χ0n) is 14.7. The Hall–Kier alpha value is -0.120. The maximum atomic E-state index is 4.04. The molecule has 5 fully saturated rings. The summed E-state index contributed by atoms with van der Waals surface area (Å²) < 4.78 is 0. The molecule has 6 atom stereocenters. The molecule has 0 aromatic carbocycles. The first kappa shape index (κ1) is 15.2. The zero-order chi connectivity index (χ0) is 15.3. The molecule has 1 saturated carbocycles. The van der Waals surface area contributed by atoms with Gasteiger partial charge in [-0.15, -0.1) is 0 Å². The Morgan fingerprint density at radius 2 is 1.74 bits per heavy atom. The standard InChI is InChI=1S/C20H35N3/c1-3-9-21-18(8-1)20-13-16(12-15-6-5-10-22-19(15)20)17-7-2-4-11-23(17)14-20/h15-19,21-22H,1-14H2. The van der Waals surface area contributed by atoms with Crippen LogP contribution in [0.25, 0.3) is 0 Å². The van der Waals surface area contributed by atoms with Crippen molar-refractivity contribution in [1.29, 1.82) is 0 Å². The van der Waals surface area contributed by atoms with E-state index in [2.05, 4.69) is 15.5 Å². The molecule has 0 radical (unpaired) electrons. The van der Waals surface area contributed by atoms with Gasteiger partial charge in [0, 0.05) is 30.1 Å². The molecule has 0 spiro atoms. The van der Waals surface area contributed by atoms with Gasteiger partial charge in [0.05, 0.1) is 0 Å². The quantitative estimate of drug-likeness (QED) is 0.779. The lowest BCUT2D eigenvalue weighted by atomic mass is 9.52. The lowest BCUT2D eigenvalue weighted by molar-refractivity contribution is -0.117. The molecule has 0 aromatic heterocycles. The smallest absolute Gasteiger partial charge is 0.0179 e. The topological polar surface area (TPSA) is 27.3 Å². The number of hydrogen-bond acceptors (Lipinski definition) is 3. The monoisotopic (exact) mass is 317 g/mol. The average Bonchev–Trinajstić information content (AvgIpc) is 2.63. The Balaban J connectivity index is 1.50. The van der Waals surface area contributed by atoms with E-state index in [1.54, 1.807) is 0 Å². The molecule has 2 N–H and O–H groups in total. The van der Waals surface area contributed by atoms with Crippen LogP contribution in [0.3, 0.4) is 0 Å². The molecule has 4 aliphatic heterocycles. The van der Waals surface area contributed by atoms with Crippen molar-refractivity contribution < 1.29 is 0 Å². The molecule has 0 aromatic rings. The third-order valence-corrected chi connectivity index (χ3v) is 8.16. The van der Waals surface area contributed by atoms with Crippen molar-refractivity contribution in [2.75, 3.05) is 26.2 Å². The van der Waals surface area contributed by atoms with Gasteiger partial charge >= 0.3 is 0 Å². The lowest BCUT2D eigenvalue weighted by Gasteiger charge is -2.64. The molecule has 4 heterocycles. The van der Waals surface area contributed by atoms with Gasteiger partial charge in [-0.3, -0.25) is 4.90 Å². The van der Waals surface area contributed by atoms with Gasteiger partial charge in [-0.05, 0) is 82.8 Å². The fraction of sp³-hybridized carbons (Fsp3) is 1.00. The second-order valence-electron chi connectivity index (χ2n) is 9.30. The Morgan fingerprint density at radius 1 is 0.826 bits per heavy atom. The van der Waals surface area contributed by atoms with E-state index in [1.807, 2.05) is 0 Å². The number of nitrogens with one attached hydrogen (secondary N) is 2. The normalized spacial score (nSPS) is 50.9. The highest BCUT2D eigenvalue weighted by molar-refractivity contribution is 5.14. The van der Waals surface area contributed by atoms with Gasteiger partial charge in [-0.25, -0.2) is 0 Å². The third kappa shape index (κ3) is 2.41. The molecular formula is C20H35N3. The van der Waals surface area contributed by atoms with E-state index in [0.29, 0.717) is 5.41 Å². The predicted molar refractivity (Wildman–Crippen MR) is 94.5 cm³/mol. The summed E-state index contributed by atoms with van der Waals surface area (Å²) in [7, 11) is 0. The van der Waals surface area contributed by atoms with E-state index in [-0.39, 0.29) is 0 Å². The molecule has 23 heavy (non-hydrogen) atoms. The second-order valence-corrected chi connectivity index (χ2v) is 9.30. The molecule has 3 heteroatoms. The number of hydrogen-bond donors (Lipinski definition) is 2. The number of rotatable bonds is 1. The lowest BCUT2D eigenvalue weighted by Crippen LogP contribution is -2.72. The Morgan fingerprint density at radius 3 is 2.65 bits per heavy atom. The van der Waals surface area contributed by atoms with Crippen molar-refractivity contribution >= 4 is 0 Å². The van der Waals surface area contributed by atoms with Gasteiger partial charge < -0.3 is 10.6 Å². The molecule has 5 rings (SSSR count). The summed E-state index contributed by atoms with van der Waals surface area (Å²) in [5.41, 5.74) is 0.530. The first-order chi connectivity index (χ1) is 11.4. The maximum Gasteiger partial charge on any atom is 0.0179 e. The average molecular weight is 318 g/mol. The molecule has 3 nitrogen and oxygen atoms in total. The Bertz CT molecular complexity index is 431. The minimum Gasteiger partial charge on any atom is -0.313 e.